The normalized spacial score (nSPS) is 19.5. The summed E-state index contributed by atoms with van der Waals surface area (Å²) in [6, 6.07) is 25.0. The number of methoxy groups -OCH3 is 1. The average molecular weight is 418 g/mol. The van der Waals surface area contributed by atoms with Crippen molar-refractivity contribution in [2.75, 3.05) is 13.7 Å². The maximum atomic E-state index is 10.3. The van der Waals surface area contributed by atoms with Crippen LogP contribution in [-0.4, -0.2) is 29.8 Å². The molecule has 0 saturated heterocycles. The van der Waals surface area contributed by atoms with Crippen LogP contribution in [0.1, 0.15) is 48.2 Å². The van der Waals surface area contributed by atoms with Crippen molar-refractivity contribution >= 4 is 0 Å². The molecule has 3 aromatic carbocycles. The minimum Gasteiger partial charge on any atom is -0.493 e. The van der Waals surface area contributed by atoms with Gasteiger partial charge in [-0.1, -0.05) is 66.7 Å². The molecule has 0 amide bonds. The number of hydrogen-bond acceptors (Lipinski definition) is 4. The third-order valence-corrected chi connectivity index (χ3v) is 6.33. The van der Waals surface area contributed by atoms with E-state index in [-0.39, 0.29) is 24.7 Å². The van der Waals surface area contributed by atoms with Gasteiger partial charge in [0.2, 0.25) is 0 Å². The van der Waals surface area contributed by atoms with Crippen LogP contribution in [0.5, 0.6) is 11.5 Å². The van der Waals surface area contributed by atoms with E-state index in [1.54, 1.807) is 7.11 Å². The lowest BCUT2D eigenvalue weighted by Gasteiger charge is -2.45. The summed E-state index contributed by atoms with van der Waals surface area (Å²) in [5, 5.41) is 10.3. The van der Waals surface area contributed by atoms with Crippen LogP contribution >= 0.6 is 0 Å². The number of benzene rings is 3. The number of aliphatic hydroxyl groups excluding tert-OH is 1. The van der Waals surface area contributed by atoms with Gasteiger partial charge < -0.3 is 14.6 Å². The minimum atomic E-state index is -0.0462. The molecule has 1 aliphatic heterocycles. The fraction of sp³-hybridized carbons (Fsp3) is 0.333. The van der Waals surface area contributed by atoms with Crippen LogP contribution in [-0.2, 0) is 13.0 Å². The summed E-state index contributed by atoms with van der Waals surface area (Å²) >= 11 is 0. The molecule has 4 rings (SSSR count). The van der Waals surface area contributed by atoms with E-state index in [4.69, 9.17) is 9.47 Å². The van der Waals surface area contributed by atoms with Crippen molar-refractivity contribution in [3.05, 3.63) is 95.1 Å². The van der Waals surface area contributed by atoms with Gasteiger partial charge in [-0.2, -0.15) is 0 Å². The number of rotatable bonds is 7. The Kier molecular flexibility index (Phi) is 6.59. The highest BCUT2D eigenvalue weighted by atomic mass is 16.5. The van der Waals surface area contributed by atoms with E-state index < -0.39 is 0 Å². The second-order valence-corrected chi connectivity index (χ2v) is 8.22. The smallest absolute Gasteiger partial charge is 0.165 e. The second kappa shape index (κ2) is 9.54. The SMILES string of the molecule is COc1ccc2c(c1OCc1ccccc1)C[C@@H](C)N(C(CO)c1ccccc1)[C@H]2C. The van der Waals surface area contributed by atoms with Gasteiger partial charge in [-0.3, -0.25) is 4.90 Å². The highest BCUT2D eigenvalue weighted by Crippen LogP contribution is 2.45. The van der Waals surface area contributed by atoms with Gasteiger partial charge in [0.05, 0.1) is 19.8 Å². The number of hydrogen-bond donors (Lipinski definition) is 1. The maximum Gasteiger partial charge on any atom is 0.165 e. The zero-order valence-electron chi connectivity index (χ0n) is 18.5. The Morgan fingerprint density at radius 1 is 0.968 bits per heavy atom. The minimum absolute atomic E-state index is 0.0462. The van der Waals surface area contributed by atoms with Crippen LogP contribution in [0.2, 0.25) is 0 Å². The van der Waals surface area contributed by atoms with Crippen LogP contribution in [0.25, 0.3) is 0 Å². The van der Waals surface area contributed by atoms with E-state index in [2.05, 4.69) is 49.1 Å². The average Bonchev–Trinajstić information content (AvgIpc) is 2.81. The zero-order valence-corrected chi connectivity index (χ0v) is 18.5. The molecule has 4 heteroatoms. The Bertz CT molecular complexity index is 990. The zero-order chi connectivity index (χ0) is 21.8. The molecule has 0 radical (unpaired) electrons. The Morgan fingerprint density at radius 3 is 2.29 bits per heavy atom. The molecule has 0 saturated carbocycles. The van der Waals surface area contributed by atoms with Gasteiger partial charge >= 0.3 is 0 Å². The molecule has 1 aliphatic rings. The van der Waals surface area contributed by atoms with Crippen molar-refractivity contribution < 1.29 is 14.6 Å². The van der Waals surface area contributed by atoms with Crippen LogP contribution < -0.4 is 9.47 Å². The summed E-state index contributed by atoms with van der Waals surface area (Å²) in [5.74, 6) is 1.60. The van der Waals surface area contributed by atoms with Crippen molar-refractivity contribution in [3.8, 4) is 11.5 Å². The first-order valence-corrected chi connectivity index (χ1v) is 10.9. The number of fused-ring (bicyclic) bond motifs is 1. The molecule has 0 aromatic heterocycles. The van der Waals surface area contributed by atoms with E-state index in [1.807, 2.05) is 42.5 Å². The van der Waals surface area contributed by atoms with Crippen molar-refractivity contribution in [3.63, 3.8) is 0 Å². The number of aliphatic hydroxyl groups is 1. The molecule has 31 heavy (non-hydrogen) atoms. The first-order valence-electron chi connectivity index (χ1n) is 10.9. The number of nitrogens with zero attached hydrogens (tertiary/aromatic N) is 1. The predicted molar refractivity (Wildman–Crippen MR) is 123 cm³/mol. The highest BCUT2D eigenvalue weighted by molar-refractivity contribution is 5.53. The molecule has 3 aromatic rings. The summed E-state index contributed by atoms with van der Waals surface area (Å²) in [4.78, 5) is 2.42. The lowest BCUT2D eigenvalue weighted by atomic mass is 9.86. The Labute approximate surface area is 185 Å². The predicted octanol–water partition coefficient (Wildman–Crippen LogP) is 5.32. The molecule has 0 bridgehead atoms. The maximum absolute atomic E-state index is 10.3. The third kappa shape index (κ3) is 4.32. The van der Waals surface area contributed by atoms with Crippen molar-refractivity contribution in [2.24, 2.45) is 0 Å². The highest BCUT2D eigenvalue weighted by Gasteiger charge is 2.36. The summed E-state index contributed by atoms with van der Waals surface area (Å²) in [6.45, 7) is 5.03. The molecule has 0 spiro atoms. The third-order valence-electron chi connectivity index (χ3n) is 6.33. The van der Waals surface area contributed by atoms with E-state index in [9.17, 15) is 5.11 Å². The van der Waals surface area contributed by atoms with E-state index >= 15 is 0 Å². The summed E-state index contributed by atoms with van der Waals surface area (Å²) in [7, 11) is 1.69. The Hall–Kier alpha value is -2.82. The van der Waals surface area contributed by atoms with Gasteiger partial charge in [0.15, 0.2) is 11.5 Å². The molecule has 0 aliphatic carbocycles. The quantitative estimate of drug-likeness (QED) is 0.565. The van der Waals surface area contributed by atoms with Gasteiger partial charge in [-0.15, -0.1) is 0 Å². The van der Waals surface area contributed by atoms with Crippen LogP contribution in [0, 0.1) is 0 Å². The van der Waals surface area contributed by atoms with Gasteiger partial charge in [0.1, 0.15) is 6.61 Å². The van der Waals surface area contributed by atoms with Gasteiger partial charge in [-0.25, -0.2) is 0 Å². The first-order chi connectivity index (χ1) is 15.1. The fourth-order valence-corrected chi connectivity index (χ4v) is 4.84. The van der Waals surface area contributed by atoms with Crippen LogP contribution in [0.4, 0.5) is 0 Å². The van der Waals surface area contributed by atoms with E-state index in [0.29, 0.717) is 6.61 Å². The summed E-state index contributed by atoms with van der Waals surface area (Å²) < 4.78 is 12.0. The summed E-state index contributed by atoms with van der Waals surface area (Å²) in [5.41, 5.74) is 4.71. The van der Waals surface area contributed by atoms with Crippen LogP contribution in [0.15, 0.2) is 72.8 Å². The van der Waals surface area contributed by atoms with Gasteiger partial charge in [0.25, 0.3) is 0 Å². The molecule has 4 nitrogen and oxygen atoms in total. The number of ether oxygens (including phenoxy) is 2. The molecular weight excluding hydrogens is 386 g/mol. The first kappa shape index (κ1) is 21.4. The van der Waals surface area contributed by atoms with E-state index in [0.717, 1.165) is 29.0 Å². The van der Waals surface area contributed by atoms with Crippen molar-refractivity contribution in [1.29, 1.82) is 0 Å². The lowest BCUT2D eigenvalue weighted by molar-refractivity contribution is 0.0435. The molecule has 1 unspecified atom stereocenters. The molecule has 162 valence electrons. The molecule has 1 N–H and O–H groups in total. The standard InChI is InChI=1S/C27H31NO3/c1-19-16-24-23(20(2)28(19)25(17-29)22-12-8-5-9-13-22)14-15-26(30-3)27(24)31-18-21-10-6-4-7-11-21/h4-15,19-20,25,29H,16-18H2,1-3H3/t19-,20+,25?/m1/s1. The van der Waals surface area contributed by atoms with Gasteiger partial charge in [0, 0.05) is 17.6 Å². The van der Waals surface area contributed by atoms with Crippen LogP contribution in [0.3, 0.4) is 0 Å². The van der Waals surface area contributed by atoms with Crippen molar-refractivity contribution in [2.45, 2.75) is 45.0 Å². The fourth-order valence-electron chi connectivity index (χ4n) is 4.84. The molecule has 0 fully saturated rings. The van der Waals surface area contributed by atoms with Gasteiger partial charge in [-0.05, 0) is 43.0 Å². The summed E-state index contributed by atoms with van der Waals surface area (Å²) in [6.07, 6.45) is 0.838. The molecular formula is C27H31NO3. The lowest BCUT2D eigenvalue weighted by Crippen LogP contribution is -2.44. The Morgan fingerprint density at radius 2 is 1.65 bits per heavy atom. The second-order valence-electron chi connectivity index (χ2n) is 8.22. The largest absolute Gasteiger partial charge is 0.493 e. The molecule has 1 heterocycles. The van der Waals surface area contributed by atoms with Crippen molar-refractivity contribution in [1.82, 2.24) is 4.90 Å². The Balaban J connectivity index is 1.68. The monoisotopic (exact) mass is 417 g/mol. The topological polar surface area (TPSA) is 41.9 Å². The van der Waals surface area contributed by atoms with E-state index in [1.165, 1.54) is 11.1 Å². The molecule has 3 atom stereocenters.